The highest BCUT2D eigenvalue weighted by atomic mass is 79.9. The van der Waals surface area contributed by atoms with Gasteiger partial charge in [-0.05, 0) is 39.7 Å². The number of nitrogens with one attached hydrogen (secondary N) is 2. The topological polar surface area (TPSA) is 183 Å². The van der Waals surface area contributed by atoms with Crippen molar-refractivity contribution in [1.82, 2.24) is 0 Å². The maximum Gasteiger partial charge on any atom is 0.302 e. The van der Waals surface area contributed by atoms with Crippen LogP contribution in [0.2, 0.25) is 0 Å². The fraction of sp³-hybridized carbons (Fsp3) is 0.304. The van der Waals surface area contributed by atoms with Crippen LogP contribution in [-0.2, 0) is 14.3 Å². The highest BCUT2D eigenvalue weighted by Crippen LogP contribution is 2.49. The number of nitrogens with zero attached hydrogens (tertiary/aromatic N) is 1. The predicted molar refractivity (Wildman–Crippen MR) is 131 cm³/mol. The lowest BCUT2D eigenvalue weighted by Gasteiger charge is -2.32. The Labute approximate surface area is 209 Å². The maximum atomic E-state index is 12.4. The molecule has 1 aliphatic heterocycles. The number of fused-ring (bicyclic) bond motifs is 1. The number of rotatable bonds is 7. The van der Waals surface area contributed by atoms with Crippen LogP contribution in [0.15, 0.2) is 28.7 Å². The molecule has 2 aromatic rings. The van der Waals surface area contributed by atoms with E-state index >= 15 is 0 Å². The van der Waals surface area contributed by atoms with Crippen molar-refractivity contribution < 1.29 is 28.5 Å². The van der Waals surface area contributed by atoms with Crippen molar-refractivity contribution in [3.63, 3.8) is 0 Å². The number of nitrogens with two attached hydrogens (primary N) is 2. The molecule has 1 aliphatic rings. The molecule has 0 aliphatic carbocycles. The summed E-state index contributed by atoms with van der Waals surface area (Å²) in [6, 6.07) is 7.72. The average Bonchev–Trinajstić information content (AvgIpc) is 2.83. The number of carbonyl (C=O) groups is 2. The first kappa shape index (κ1) is 25.8. The second-order valence-electron chi connectivity index (χ2n) is 7.63. The SMILES string of the molecule is COc1cc(C2c3ccc(NC(=O)C(N)COC(C)=O)c(N)c3OC(=N)C2C#N)cc(Br)c1OC. The van der Waals surface area contributed by atoms with E-state index in [0.29, 0.717) is 27.1 Å². The van der Waals surface area contributed by atoms with Gasteiger partial charge in [0.2, 0.25) is 11.8 Å². The summed E-state index contributed by atoms with van der Waals surface area (Å²) >= 11 is 3.46. The Morgan fingerprint density at radius 2 is 2.03 bits per heavy atom. The van der Waals surface area contributed by atoms with Gasteiger partial charge in [-0.15, -0.1) is 0 Å². The molecule has 0 fully saturated rings. The fourth-order valence-electron chi connectivity index (χ4n) is 3.72. The average molecular weight is 546 g/mol. The van der Waals surface area contributed by atoms with Crippen molar-refractivity contribution in [2.75, 3.05) is 31.9 Å². The predicted octanol–water partition coefficient (Wildman–Crippen LogP) is 2.52. The van der Waals surface area contributed by atoms with Gasteiger partial charge in [-0.3, -0.25) is 15.0 Å². The van der Waals surface area contributed by atoms with Crippen LogP contribution in [0.5, 0.6) is 17.2 Å². The van der Waals surface area contributed by atoms with Crippen molar-refractivity contribution in [1.29, 1.82) is 10.7 Å². The number of methoxy groups -OCH3 is 2. The Hall–Kier alpha value is -3.82. The lowest BCUT2D eigenvalue weighted by Crippen LogP contribution is -2.40. The number of amides is 1. The number of nitrogen functional groups attached to an aromatic ring is 1. The van der Waals surface area contributed by atoms with E-state index in [1.54, 1.807) is 24.3 Å². The summed E-state index contributed by atoms with van der Waals surface area (Å²) in [4.78, 5) is 23.4. The molecule has 1 amide bonds. The van der Waals surface area contributed by atoms with E-state index in [2.05, 4.69) is 27.3 Å². The molecule has 0 aromatic heterocycles. The molecule has 3 rings (SSSR count). The maximum absolute atomic E-state index is 12.4. The molecule has 12 heteroatoms. The minimum absolute atomic E-state index is 0.0567. The van der Waals surface area contributed by atoms with Crippen LogP contribution >= 0.6 is 15.9 Å². The van der Waals surface area contributed by atoms with Gasteiger partial charge in [-0.1, -0.05) is 6.07 Å². The van der Waals surface area contributed by atoms with E-state index in [9.17, 15) is 14.9 Å². The molecule has 0 spiro atoms. The number of hydrogen-bond donors (Lipinski definition) is 4. The lowest BCUT2D eigenvalue weighted by molar-refractivity contribution is -0.142. The standard InChI is InChI=1S/C23H24BrN5O6/c1-10(30)34-9-15(26)23(31)29-16-5-4-12-18(13(8-25)22(28)35-20(12)19(16)27)11-6-14(24)21(33-3)17(7-11)32-2/h4-7,13,15,18,28H,9,26-27H2,1-3H3,(H,29,31). The van der Waals surface area contributed by atoms with Gasteiger partial charge in [0.15, 0.2) is 17.2 Å². The zero-order valence-corrected chi connectivity index (χ0v) is 20.8. The van der Waals surface area contributed by atoms with Gasteiger partial charge >= 0.3 is 5.97 Å². The molecule has 2 aromatic carbocycles. The van der Waals surface area contributed by atoms with E-state index in [1.165, 1.54) is 21.1 Å². The van der Waals surface area contributed by atoms with Gasteiger partial charge < -0.3 is 35.7 Å². The Bertz CT molecular complexity index is 1230. The number of ether oxygens (including phenoxy) is 4. The first-order chi connectivity index (χ1) is 16.6. The van der Waals surface area contributed by atoms with Gasteiger partial charge in [0, 0.05) is 18.4 Å². The highest BCUT2D eigenvalue weighted by Gasteiger charge is 2.39. The zero-order valence-electron chi connectivity index (χ0n) is 19.2. The number of halogens is 1. The van der Waals surface area contributed by atoms with E-state index < -0.39 is 29.8 Å². The van der Waals surface area contributed by atoms with Gasteiger partial charge in [0.05, 0.1) is 36.1 Å². The molecule has 0 radical (unpaired) electrons. The molecule has 1 heterocycles. The Morgan fingerprint density at radius 3 is 2.63 bits per heavy atom. The molecule has 0 saturated heterocycles. The van der Waals surface area contributed by atoms with Crippen molar-refractivity contribution in [3.8, 4) is 23.3 Å². The van der Waals surface area contributed by atoms with Crippen molar-refractivity contribution >= 4 is 45.1 Å². The van der Waals surface area contributed by atoms with Crippen molar-refractivity contribution in [3.05, 3.63) is 39.9 Å². The number of nitriles is 1. The second kappa shape index (κ2) is 10.6. The minimum atomic E-state index is -1.12. The third kappa shape index (κ3) is 5.16. The van der Waals surface area contributed by atoms with E-state index in [4.69, 9.17) is 35.8 Å². The smallest absolute Gasteiger partial charge is 0.302 e. The molecular formula is C23H24BrN5O6. The quantitative estimate of drug-likeness (QED) is 0.299. The number of benzene rings is 2. The Kier molecular flexibility index (Phi) is 7.83. The van der Waals surface area contributed by atoms with Crippen LogP contribution in [-0.4, -0.2) is 44.6 Å². The summed E-state index contributed by atoms with van der Waals surface area (Å²) in [5, 5.41) is 20.7. The molecule has 6 N–H and O–H groups in total. The van der Waals surface area contributed by atoms with E-state index in [-0.39, 0.29) is 29.6 Å². The number of esters is 1. The molecule has 0 saturated carbocycles. The van der Waals surface area contributed by atoms with Crippen LogP contribution in [0.1, 0.15) is 24.0 Å². The van der Waals surface area contributed by atoms with Gasteiger partial charge in [-0.25, -0.2) is 0 Å². The normalized spacial score (nSPS) is 17.3. The third-order valence-electron chi connectivity index (χ3n) is 5.40. The molecule has 3 atom stereocenters. The van der Waals surface area contributed by atoms with E-state index in [0.717, 1.165) is 0 Å². The number of anilines is 2. The molecule has 35 heavy (non-hydrogen) atoms. The molecular weight excluding hydrogens is 522 g/mol. The second-order valence-corrected chi connectivity index (χ2v) is 8.49. The Morgan fingerprint density at radius 1 is 1.31 bits per heavy atom. The summed E-state index contributed by atoms with van der Waals surface area (Å²) < 4.78 is 21.8. The summed E-state index contributed by atoms with van der Waals surface area (Å²) in [5.74, 6) is -1.98. The Balaban J connectivity index is 2.04. The molecule has 3 unspecified atom stereocenters. The van der Waals surface area contributed by atoms with Crippen molar-refractivity contribution in [2.45, 2.75) is 18.9 Å². The largest absolute Gasteiger partial charge is 0.493 e. The molecule has 0 bridgehead atoms. The minimum Gasteiger partial charge on any atom is -0.493 e. The number of hydrogen-bond acceptors (Lipinski definition) is 10. The van der Waals surface area contributed by atoms with Gasteiger partial charge in [0.25, 0.3) is 0 Å². The monoisotopic (exact) mass is 545 g/mol. The van der Waals surface area contributed by atoms with Gasteiger partial charge in [-0.2, -0.15) is 5.26 Å². The van der Waals surface area contributed by atoms with Crippen molar-refractivity contribution in [2.24, 2.45) is 11.7 Å². The van der Waals surface area contributed by atoms with Crippen LogP contribution in [0.25, 0.3) is 0 Å². The lowest BCUT2D eigenvalue weighted by atomic mass is 9.78. The highest BCUT2D eigenvalue weighted by molar-refractivity contribution is 9.10. The van der Waals surface area contributed by atoms with Crippen LogP contribution < -0.4 is 31.0 Å². The third-order valence-corrected chi connectivity index (χ3v) is 5.99. The van der Waals surface area contributed by atoms with Gasteiger partial charge in [0.1, 0.15) is 18.6 Å². The zero-order chi connectivity index (χ0) is 25.9. The molecule has 11 nitrogen and oxygen atoms in total. The summed E-state index contributed by atoms with van der Waals surface area (Å²) in [6.45, 7) is 0.910. The number of carbonyl (C=O) groups excluding carboxylic acids is 2. The fourth-order valence-corrected chi connectivity index (χ4v) is 4.34. The first-order valence-electron chi connectivity index (χ1n) is 10.3. The van der Waals surface area contributed by atoms with Crippen LogP contribution in [0, 0.1) is 22.7 Å². The summed E-state index contributed by atoms with van der Waals surface area (Å²) in [7, 11) is 3.00. The summed E-state index contributed by atoms with van der Waals surface area (Å²) in [6.07, 6.45) is 0. The van der Waals surface area contributed by atoms with E-state index in [1.807, 2.05) is 0 Å². The first-order valence-corrected chi connectivity index (χ1v) is 11.1. The molecule has 184 valence electrons. The van der Waals surface area contributed by atoms with Crippen LogP contribution in [0.3, 0.4) is 0 Å². The van der Waals surface area contributed by atoms with Crippen LogP contribution in [0.4, 0.5) is 11.4 Å². The summed E-state index contributed by atoms with van der Waals surface area (Å²) in [5.41, 5.74) is 13.5.